The van der Waals surface area contributed by atoms with Crippen molar-refractivity contribution in [2.75, 3.05) is 19.6 Å². The summed E-state index contributed by atoms with van der Waals surface area (Å²) >= 11 is 3.26. The van der Waals surface area contributed by atoms with Gasteiger partial charge in [0.25, 0.3) is 11.8 Å². The molecule has 122 valence electrons. The number of imide groups is 1. The maximum Gasteiger partial charge on any atom is 0.323 e. The lowest BCUT2D eigenvalue weighted by atomic mass is 10.1. The molecule has 23 heavy (non-hydrogen) atoms. The SMILES string of the molecule is O=C(O)CNC(=O)NCCCN1C(=O)c2ccc(Br)cc2C1=O. The molecule has 2 rings (SSSR count). The third kappa shape index (κ3) is 4.07. The summed E-state index contributed by atoms with van der Waals surface area (Å²) in [6.07, 6.45) is 0.368. The second-order valence-electron chi connectivity index (χ2n) is 4.81. The summed E-state index contributed by atoms with van der Waals surface area (Å²) in [5, 5.41) is 13.0. The van der Waals surface area contributed by atoms with E-state index in [4.69, 9.17) is 5.11 Å². The van der Waals surface area contributed by atoms with Crippen LogP contribution in [0, 0.1) is 0 Å². The van der Waals surface area contributed by atoms with Crippen LogP contribution in [-0.4, -0.2) is 53.5 Å². The van der Waals surface area contributed by atoms with Crippen molar-refractivity contribution < 1.29 is 24.3 Å². The Morgan fingerprint density at radius 3 is 2.52 bits per heavy atom. The Balaban J connectivity index is 1.81. The third-order valence-corrected chi connectivity index (χ3v) is 3.67. The lowest BCUT2D eigenvalue weighted by Crippen LogP contribution is -2.40. The van der Waals surface area contributed by atoms with Crippen LogP contribution in [0.2, 0.25) is 0 Å². The quantitative estimate of drug-likeness (QED) is 0.496. The monoisotopic (exact) mass is 383 g/mol. The average Bonchev–Trinajstić information content (AvgIpc) is 2.73. The number of nitrogens with one attached hydrogen (secondary N) is 2. The number of rotatable bonds is 6. The largest absolute Gasteiger partial charge is 0.480 e. The number of fused-ring (bicyclic) bond motifs is 1. The minimum absolute atomic E-state index is 0.170. The predicted molar refractivity (Wildman–Crippen MR) is 83.2 cm³/mol. The molecule has 0 saturated carbocycles. The fourth-order valence-electron chi connectivity index (χ4n) is 2.12. The Morgan fingerprint density at radius 2 is 1.83 bits per heavy atom. The van der Waals surface area contributed by atoms with E-state index in [9.17, 15) is 19.2 Å². The molecular weight excluding hydrogens is 370 g/mol. The number of carbonyl (C=O) groups excluding carboxylic acids is 3. The van der Waals surface area contributed by atoms with Crippen LogP contribution in [0.15, 0.2) is 22.7 Å². The predicted octanol–water partition coefficient (Wildman–Crippen LogP) is 0.819. The number of hydrogen-bond donors (Lipinski definition) is 3. The maximum absolute atomic E-state index is 12.2. The van der Waals surface area contributed by atoms with Gasteiger partial charge in [-0.3, -0.25) is 19.3 Å². The van der Waals surface area contributed by atoms with Gasteiger partial charge in [-0.25, -0.2) is 4.79 Å². The smallest absolute Gasteiger partial charge is 0.323 e. The molecule has 0 spiro atoms. The van der Waals surface area contributed by atoms with Gasteiger partial charge in [0.15, 0.2) is 0 Å². The molecule has 1 aliphatic heterocycles. The first-order valence-electron chi connectivity index (χ1n) is 6.79. The lowest BCUT2D eigenvalue weighted by molar-refractivity contribution is -0.135. The van der Waals surface area contributed by atoms with Gasteiger partial charge in [-0.15, -0.1) is 0 Å². The summed E-state index contributed by atoms with van der Waals surface area (Å²) in [4.78, 5) is 47.0. The highest BCUT2D eigenvalue weighted by Crippen LogP contribution is 2.25. The fraction of sp³-hybridized carbons (Fsp3) is 0.286. The van der Waals surface area contributed by atoms with Gasteiger partial charge in [0.1, 0.15) is 6.54 Å². The van der Waals surface area contributed by atoms with E-state index in [-0.39, 0.29) is 24.9 Å². The molecular formula is C14H14BrN3O5. The van der Waals surface area contributed by atoms with Gasteiger partial charge in [0.05, 0.1) is 11.1 Å². The lowest BCUT2D eigenvalue weighted by Gasteiger charge is -2.13. The van der Waals surface area contributed by atoms with Gasteiger partial charge in [-0.05, 0) is 24.6 Å². The van der Waals surface area contributed by atoms with Crippen molar-refractivity contribution in [3.05, 3.63) is 33.8 Å². The van der Waals surface area contributed by atoms with Crippen LogP contribution in [-0.2, 0) is 4.79 Å². The van der Waals surface area contributed by atoms with Crippen LogP contribution in [0.25, 0.3) is 0 Å². The highest BCUT2D eigenvalue weighted by Gasteiger charge is 2.34. The van der Waals surface area contributed by atoms with Gasteiger partial charge in [-0.2, -0.15) is 0 Å². The normalized spacial score (nSPS) is 13.0. The van der Waals surface area contributed by atoms with E-state index in [0.717, 1.165) is 9.37 Å². The number of amides is 4. The van der Waals surface area contributed by atoms with Crippen molar-refractivity contribution in [3.8, 4) is 0 Å². The topological polar surface area (TPSA) is 116 Å². The Morgan fingerprint density at radius 1 is 1.13 bits per heavy atom. The van der Waals surface area contributed by atoms with Crippen molar-refractivity contribution in [2.45, 2.75) is 6.42 Å². The average molecular weight is 384 g/mol. The van der Waals surface area contributed by atoms with Crippen molar-refractivity contribution >= 4 is 39.7 Å². The van der Waals surface area contributed by atoms with E-state index in [2.05, 4.69) is 26.6 Å². The van der Waals surface area contributed by atoms with Crippen molar-refractivity contribution in [1.82, 2.24) is 15.5 Å². The molecule has 1 heterocycles. The third-order valence-electron chi connectivity index (χ3n) is 3.18. The van der Waals surface area contributed by atoms with Crippen LogP contribution in [0.5, 0.6) is 0 Å². The zero-order valence-corrected chi connectivity index (χ0v) is 13.6. The molecule has 0 atom stereocenters. The minimum Gasteiger partial charge on any atom is -0.480 e. The van der Waals surface area contributed by atoms with E-state index >= 15 is 0 Å². The maximum atomic E-state index is 12.2. The Labute approximate surface area is 140 Å². The Hall–Kier alpha value is -2.42. The highest BCUT2D eigenvalue weighted by atomic mass is 79.9. The second kappa shape index (κ2) is 7.23. The fourth-order valence-corrected chi connectivity index (χ4v) is 2.48. The molecule has 9 heteroatoms. The molecule has 0 unspecified atom stereocenters. The summed E-state index contributed by atoms with van der Waals surface area (Å²) < 4.78 is 0.719. The number of halogens is 1. The Kier molecular flexibility index (Phi) is 5.32. The summed E-state index contributed by atoms with van der Waals surface area (Å²) in [5.41, 5.74) is 0.724. The molecule has 0 aromatic heterocycles. The molecule has 1 aromatic carbocycles. The van der Waals surface area contributed by atoms with Crippen molar-refractivity contribution in [1.29, 1.82) is 0 Å². The molecule has 0 bridgehead atoms. The van der Waals surface area contributed by atoms with Gasteiger partial charge in [0, 0.05) is 17.6 Å². The van der Waals surface area contributed by atoms with E-state index in [0.29, 0.717) is 17.5 Å². The van der Waals surface area contributed by atoms with Crippen LogP contribution >= 0.6 is 15.9 Å². The molecule has 0 aliphatic carbocycles. The van der Waals surface area contributed by atoms with Crippen LogP contribution in [0.1, 0.15) is 27.1 Å². The number of urea groups is 1. The number of carbonyl (C=O) groups is 4. The first kappa shape index (κ1) is 16.9. The second-order valence-corrected chi connectivity index (χ2v) is 5.72. The van der Waals surface area contributed by atoms with E-state index in [1.807, 2.05) is 0 Å². The molecule has 0 radical (unpaired) electrons. The summed E-state index contributed by atoms with van der Waals surface area (Å²) in [7, 11) is 0. The number of benzene rings is 1. The van der Waals surface area contributed by atoms with E-state index in [1.165, 1.54) is 0 Å². The number of carboxylic acid groups (broad SMARTS) is 1. The standard InChI is InChI=1S/C14H14BrN3O5/c15-8-2-3-9-10(6-8)13(22)18(12(9)21)5-1-4-16-14(23)17-7-11(19)20/h2-3,6H,1,4-5,7H2,(H,19,20)(H2,16,17,23). The van der Waals surface area contributed by atoms with Gasteiger partial charge < -0.3 is 15.7 Å². The summed E-state index contributed by atoms with van der Waals surface area (Å²) in [5.74, 6) is -1.85. The first-order chi connectivity index (χ1) is 10.9. The highest BCUT2D eigenvalue weighted by molar-refractivity contribution is 9.10. The minimum atomic E-state index is -1.14. The van der Waals surface area contributed by atoms with Crippen LogP contribution < -0.4 is 10.6 Å². The van der Waals surface area contributed by atoms with Gasteiger partial charge in [-0.1, -0.05) is 15.9 Å². The molecule has 1 aromatic rings. The van der Waals surface area contributed by atoms with Gasteiger partial charge in [0.2, 0.25) is 0 Å². The number of nitrogens with zero attached hydrogens (tertiary/aromatic N) is 1. The molecule has 0 fully saturated rings. The first-order valence-corrected chi connectivity index (χ1v) is 7.58. The Bertz CT molecular complexity index is 676. The number of carboxylic acids is 1. The van der Waals surface area contributed by atoms with E-state index in [1.54, 1.807) is 18.2 Å². The summed E-state index contributed by atoms with van der Waals surface area (Å²) in [6, 6.07) is 4.28. The zero-order valence-electron chi connectivity index (χ0n) is 12.0. The number of hydrogen-bond acceptors (Lipinski definition) is 4. The molecule has 1 aliphatic rings. The van der Waals surface area contributed by atoms with Crippen molar-refractivity contribution in [2.24, 2.45) is 0 Å². The van der Waals surface area contributed by atoms with E-state index < -0.39 is 18.5 Å². The summed E-state index contributed by atoms with van der Waals surface area (Å²) in [6.45, 7) is -0.0924. The molecule has 8 nitrogen and oxygen atoms in total. The number of aliphatic carboxylic acids is 1. The molecule has 4 amide bonds. The zero-order chi connectivity index (χ0) is 17.0. The molecule has 0 saturated heterocycles. The molecule has 3 N–H and O–H groups in total. The van der Waals surface area contributed by atoms with Crippen molar-refractivity contribution in [3.63, 3.8) is 0 Å². The van der Waals surface area contributed by atoms with Crippen LogP contribution in [0.3, 0.4) is 0 Å². The van der Waals surface area contributed by atoms with Gasteiger partial charge >= 0.3 is 12.0 Å². The van der Waals surface area contributed by atoms with Crippen LogP contribution in [0.4, 0.5) is 4.79 Å².